The number of esters is 1. The monoisotopic (exact) mass is 393 g/mol. The number of alkyl carbamates (subject to hydrolysis) is 1. The van der Waals surface area contributed by atoms with Crippen LogP contribution in [-0.2, 0) is 14.3 Å². The minimum atomic E-state index is -0.961. The van der Waals surface area contributed by atoms with Crippen LogP contribution in [0, 0.1) is 0 Å². The second kappa shape index (κ2) is 8.27. The van der Waals surface area contributed by atoms with Gasteiger partial charge in [0.05, 0.1) is 6.61 Å². The van der Waals surface area contributed by atoms with Crippen molar-refractivity contribution in [3.63, 3.8) is 0 Å². The fraction of sp³-hybridized carbons (Fsp3) is 0.417. The fourth-order valence-electron chi connectivity index (χ4n) is 4.63. The van der Waals surface area contributed by atoms with Crippen LogP contribution in [-0.4, -0.2) is 30.8 Å². The van der Waals surface area contributed by atoms with Crippen LogP contribution in [0.1, 0.15) is 56.1 Å². The Morgan fingerprint density at radius 2 is 1.52 bits per heavy atom. The summed E-state index contributed by atoms with van der Waals surface area (Å²) in [4.78, 5) is 25.2. The van der Waals surface area contributed by atoms with Gasteiger partial charge in [-0.2, -0.15) is 0 Å². The van der Waals surface area contributed by atoms with Gasteiger partial charge in [0.25, 0.3) is 0 Å². The van der Waals surface area contributed by atoms with Crippen molar-refractivity contribution >= 4 is 12.1 Å². The van der Waals surface area contributed by atoms with Crippen molar-refractivity contribution in [3.05, 3.63) is 59.7 Å². The molecule has 1 N–H and O–H groups in total. The average Bonchev–Trinajstić information content (AvgIpc) is 3.07. The molecule has 0 spiro atoms. The van der Waals surface area contributed by atoms with E-state index in [1.54, 1.807) is 6.92 Å². The topological polar surface area (TPSA) is 64.6 Å². The number of nitrogens with one attached hydrogen (secondary N) is 1. The van der Waals surface area contributed by atoms with Crippen LogP contribution in [0.5, 0.6) is 0 Å². The van der Waals surface area contributed by atoms with Gasteiger partial charge in [0, 0.05) is 5.92 Å². The van der Waals surface area contributed by atoms with Crippen LogP contribution in [0.3, 0.4) is 0 Å². The van der Waals surface area contributed by atoms with Gasteiger partial charge in [-0.25, -0.2) is 9.59 Å². The van der Waals surface area contributed by atoms with E-state index < -0.39 is 11.6 Å². The molecule has 5 heteroatoms. The van der Waals surface area contributed by atoms with Crippen LogP contribution in [0.25, 0.3) is 11.1 Å². The standard InChI is InChI=1S/C24H27NO4/c1-2-28-22(26)24(14-8-3-9-15-24)25-23(27)29-16-21-19-12-6-4-10-17(19)18-11-5-7-13-20(18)21/h4-7,10-13,21H,2-3,8-9,14-16H2,1H3,(H,25,27). The number of amides is 1. The average molecular weight is 393 g/mol. The van der Waals surface area contributed by atoms with Crippen molar-refractivity contribution < 1.29 is 19.1 Å². The van der Waals surface area contributed by atoms with Crippen molar-refractivity contribution in [2.45, 2.75) is 50.5 Å². The molecule has 1 saturated carbocycles. The Labute approximate surface area is 171 Å². The number of carbonyl (C=O) groups excluding carboxylic acids is 2. The molecule has 0 radical (unpaired) electrons. The lowest BCUT2D eigenvalue weighted by molar-refractivity contribution is -0.152. The van der Waals surface area contributed by atoms with Gasteiger partial charge >= 0.3 is 12.1 Å². The molecule has 0 heterocycles. The molecule has 2 aromatic rings. The highest BCUT2D eigenvalue weighted by atomic mass is 16.6. The van der Waals surface area contributed by atoms with Gasteiger partial charge in [-0.05, 0) is 42.0 Å². The van der Waals surface area contributed by atoms with E-state index in [9.17, 15) is 9.59 Å². The first-order valence-electron chi connectivity index (χ1n) is 10.4. The van der Waals surface area contributed by atoms with Crippen LogP contribution in [0.2, 0.25) is 0 Å². The minimum Gasteiger partial charge on any atom is -0.464 e. The number of hydrogen-bond acceptors (Lipinski definition) is 4. The zero-order valence-corrected chi connectivity index (χ0v) is 16.8. The van der Waals surface area contributed by atoms with Crippen molar-refractivity contribution in [2.24, 2.45) is 0 Å². The van der Waals surface area contributed by atoms with Crippen molar-refractivity contribution in [1.29, 1.82) is 0 Å². The molecule has 4 rings (SSSR count). The summed E-state index contributed by atoms with van der Waals surface area (Å²) in [5, 5.41) is 2.85. The predicted molar refractivity (Wildman–Crippen MR) is 111 cm³/mol. The first kappa shape index (κ1) is 19.5. The number of rotatable bonds is 5. The van der Waals surface area contributed by atoms with Crippen molar-refractivity contribution in [2.75, 3.05) is 13.2 Å². The van der Waals surface area contributed by atoms with E-state index in [2.05, 4.69) is 29.6 Å². The minimum absolute atomic E-state index is 0.00181. The number of ether oxygens (including phenoxy) is 2. The number of benzene rings is 2. The van der Waals surface area contributed by atoms with Crippen LogP contribution in [0.4, 0.5) is 4.79 Å². The van der Waals surface area contributed by atoms with E-state index in [0.29, 0.717) is 19.4 Å². The Bertz CT molecular complexity index is 856. The maximum Gasteiger partial charge on any atom is 0.408 e. The summed E-state index contributed by atoms with van der Waals surface area (Å²) >= 11 is 0. The Balaban J connectivity index is 1.47. The lowest BCUT2D eigenvalue weighted by Gasteiger charge is -2.35. The van der Waals surface area contributed by atoms with E-state index in [1.165, 1.54) is 22.3 Å². The van der Waals surface area contributed by atoms with Gasteiger partial charge in [-0.15, -0.1) is 0 Å². The van der Waals surface area contributed by atoms with E-state index in [4.69, 9.17) is 9.47 Å². The summed E-state index contributed by atoms with van der Waals surface area (Å²) in [7, 11) is 0. The molecule has 0 unspecified atom stereocenters. The molecule has 2 aromatic carbocycles. The van der Waals surface area contributed by atoms with Gasteiger partial charge in [0.2, 0.25) is 0 Å². The third-order valence-corrected chi connectivity index (χ3v) is 6.06. The van der Waals surface area contributed by atoms with E-state index in [1.807, 2.05) is 24.3 Å². The largest absolute Gasteiger partial charge is 0.464 e. The molecule has 1 fully saturated rings. The number of hydrogen-bond donors (Lipinski definition) is 1. The van der Waals surface area contributed by atoms with Gasteiger partial charge in [-0.3, -0.25) is 0 Å². The first-order valence-corrected chi connectivity index (χ1v) is 10.4. The Morgan fingerprint density at radius 3 is 2.10 bits per heavy atom. The Morgan fingerprint density at radius 1 is 0.931 bits per heavy atom. The molecule has 152 valence electrons. The molecule has 0 aliphatic heterocycles. The van der Waals surface area contributed by atoms with Gasteiger partial charge < -0.3 is 14.8 Å². The maximum absolute atomic E-state index is 12.7. The molecule has 2 aliphatic rings. The highest BCUT2D eigenvalue weighted by Crippen LogP contribution is 2.44. The predicted octanol–water partition coefficient (Wildman–Crippen LogP) is 4.79. The SMILES string of the molecule is CCOC(=O)C1(NC(=O)OCC2c3ccccc3-c3ccccc32)CCCCC1. The molecule has 5 nitrogen and oxygen atoms in total. The highest BCUT2D eigenvalue weighted by Gasteiger charge is 2.43. The summed E-state index contributed by atoms with van der Waals surface area (Å²) in [5.41, 5.74) is 3.75. The molecular formula is C24H27NO4. The third kappa shape index (κ3) is 3.74. The van der Waals surface area contributed by atoms with E-state index in [-0.39, 0.29) is 18.5 Å². The molecule has 0 bridgehead atoms. The molecule has 0 aromatic heterocycles. The van der Waals surface area contributed by atoms with E-state index in [0.717, 1.165) is 19.3 Å². The molecule has 0 atom stereocenters. The van der Waals surface area contributed by atoms with Crippen LogP contribution in [0.15, 0.2) is 48.5 Å². The first-order chi connectivity index (χ1) is 14.1. The molecular weight excluding hydrogens is 366 g/mol. The van der Waals surface area contributed by atoms with Crippen molar-refractivity contribution in [3.8, 4) is 11.1 Å². The maximum atomic E-state index is 12.7. The second-order valence-corrected chi connectivity index (χ2v) is 7.81. The zero-order chi connectivity index (χ0) is 20.3. The summed E-state index contributed by atoms with van der Waals surface area (Å²) in [5.74, 6) is -0.355. The second-order valence-electron chi connectivity index (χ2n) is 7.81. The lowest BCUT2D eigenvalue weighted by atomic mass is 9.82. The van der Waals surface area contributed by atoms with Crippen molar-refractivity contribution in [1.82, 2.24) is 5.32 Å². The molecule has 0 saturated heterocycles. The summed E-state index contributed by atoms with van der Waals surface area (Å²) in [6, 6.07) is 16.4. The van der Waals surface area contributed by atoms with Crippen LogP contribution < -0.4 is 5.32 Å². The third-order valence-electron chi connectivity index (χ3n) is 6.06. The smallest absolute Gasteiger partial charge is 0.408 e. The fourth-order valence-corrected chi connectivity index (χ4v) is 4.63. The van der Waals surface area contributed by atoms with Gasteiger partial charge in [-0.1, -0.05) is 67.8 Å². The Hall–Kier alpha value is -2.82. The van der Waals surface area contributed by atoms with E-state index >= 15 is 0 Å². The van der Waals surface area contributed by atoms with Gasteiger partial charge in [0.15, 0.2) is 0 Å². The Kier molecular flexibility index (Phi) is 5.56. The van der Waals surface area contributed by atoms with Gasteiger partial charge in [0.1, 0.15) is 12.1 Å². The lowest BCUT2D eigenvalue weighted by Crippen LogP contribution is -2.56. The molecule has 29 heavy (non-hydrogen) atoms. The molecule has 1 amide bonds. The summed E-state index contributed by atoms with van der Waals surface area (Å²) in [6.45, 7) is 2.31. The summed E-state index contributed by atoms with van der Waals surface area (Å²) in [6.07, 6.45) is 3.48. The normalized spacial score (nSPS) is 17.1. The summed E-state index contributed by atoms with van der Waals surface area (Å²) < 4.78 is 10.9. The highest BCUT2D eigenvalue weighted by molar-refractivity contribution is 5.86. The number of carbonyl (C=O) groups is 2. The zero-order valence-electron chi connectivity index (χ0n) is 16.8. The molecule has 2 aliphatic carbocycles. The van der Waals surface area contributed by atoms with Crippen LogP contribution >= 0.6 is 0 Å². The quantitative estimate of drug-likeness (QED) is 0.742. The number of fused-ring (bicyclic) bond motifs is 3.